The monoisotopic (exact) mass is 252 g/mol. The lowest BCUT2D eigenvalue weighted by atomic mass is 9.90. The summed E-state index contributed by atoms with van der Waals surface area (Å²) in [5.41, 5.74) is 0.0478. The van der Waals surface area contributed by atoms with Crippen LogP contribution < -0.4 is 10.6 Å². The average molecular weight is 252 g/mol. The highest BCUT2D eigenvalue weighted by Crippen LogP contribution is 2.24. The van der Waals surface area contributed by atoms with E-state index in [0.717, 1.165) is 31.2 Å². The molecule has 3 heteroatoms. The molecule has 0 saturated heterocycles. The van der Waals surface area contributed by atoms with Crippen molar-refractivity contribution in [1.82, 2.24) is 10.6 Å². The molecule has 104 valence electrons. The Morgan fingerprint density at radius 2 is 2.00 bits per heavy atom. The molecule has 2 N–H and O–H groups in total. The van der Waals surface area contributed by atoms with Gasteiger partial charge in [-0.1, -0.05) is 27.2 Å². The van der Waals surface area contributed by atoms with Gasteiger partial charge in [-0.3, -0.25) is 0 Å². The third kappa shape index (κ3) is 4.46. The predicted molar refractivity (Wildman–Crippen MR) is 77.0 cm³/mol. The minimum atomic E-state index is 0.0478. The molecule has 0 saturated carbocycles. The first-order chi connectivity index (χ1) is 8.49. The number of aryl methyl sites for hydroxylation is 1. The van der Waals surface area contributed by atoms with Gasteiger partial charge in [-0.15, -0.1) is 0 Å². The fraction of sp³-hybridized carbons (Fsp3) is 0.733. The number of hydrogen-bond donors (Lipinski definition) is 2. The lowest BCUT2D eigenvalue weighted by molar-refractivity contribution is 0.342. The zero-order valence-electron chi connectivity index (χ0n) is 12.5. The lowest BCUT2D eigenvalue weighted by Crippen LogP contribution is -2.37. The van der Waals surface area contributed by atoms with Crippen LogP contribution in [-0.2, 0) is 5.41 Å². The van der Waals surface area contributed by atoms with Gasteiger partial charge >= 0.3 is 0 Å². The van der Waals surface area contributed by atoms with E-state index < -0.39 is 0 Å². The van der Waals surface area contributed by atoms with Crippen LogP contribution in [0, 0.1) is 12.8 Å². The summed E-state index contributed by atoms with van der Waals surface area (Å²) in [5.74, 6) is 2.75. The summed E-state index contributed by atoms with van der Waals surface area (Å²) in [7, 11) is 2.01. The van der Waals surface area contributed by atoms with Crippen molar-refractivity contribution in [1.29, 1.82) is 0 Å². The van der Waals surface area contributed by atoms with Crippen LogP contribution in [0.25, 0.3) is 0 Å². The molecule has 0 bridgehead atoms. The van der Waals surface area contributed by atoms with Gasteiger partial charge in [-0.05, 0) is 45.1 Å². The van der Waals surface area contributed by atoms with Gasteiger partial charge in [0.2, 0.25) is 0 Å². The van der Waals surface area contributed by atoms with Crippen molar-refractivity contribution in [2.75, 3.05) is 26.7 Å². The molecule has 1 aromatic rings. The van der Waals surface area contributed by atoms with E-state index in [1.165, 1.54) is 6.42 Å². The zero-order valence-corrected chi connectivity index (χ0v) is 12.5. The van der Waals surface area contributed by atoms with Crippen molar-refractivity contribution in [3.63, 3.8) is 0 Å². The molecule has 0 aliphatic heterocycles. The van der Waals surface area contributed by atoms with Crippen LogP contribution in [0.2, 0.25) is 0 Å². The highest BCUT2D eigenvalue weighted by Gasteiger charge is 2.24. The second-order valence-electron chi connectivity index (χ2n) is 5.76. The molecule has 0 aliphatic carbocycles. The highest BCUT2D eigenvalue weighted by atomic mass is 16.3. The van der Waals surface area contributed by atoms with Gasteiger partial charge in [0, 0.05) is 12.0 Å². The molecule has 0 amide bonds. The van der Waals surface area contributed by atoms with E-state index in [2.05, 4.69) is 37.5 Å². The predicted octanol–water partition coefficient (Wildman–Crippen LogP) is 2.70. The van der Waals surface area contributed by atoms with Crippen LogP contribution in [0.15, 0.2) is 16.5 Å². The van der Waals surface area contributed by atoms with Crippen LogP contribution in [0.1, 0.15) is 38.7 Å². The Bertz CT molecular complexity index is 344. The number of hydrogen-bond acceptors (Lipinski definition) is 3. The highest BCUT2D eigenvalue weighted by molar-refractivity contribution is 5.15. The van der Waals surface area contributed by atoms with E-state index in [0.29, 0.717) is 5.92 Å². The molecular weight excluding hydrogens is 224 g/mol. The number of furan rings is 1. The summed E-state index contributed by atoms with van der Waals surface area (Å²) < 4.78 is 5.73. The molecule has 3 nitrogen and oxygen atoms in total. The third-order valence-electron chi connectivity index (χ3n) is 3.48. The maximum absolute atomic E-state index is 5.73. The first kappa shape index (κ1) is 15.3. The molecule has 0 spiro atoms. The Morgan fingerprint density at radius 1 is 1.28 bits per heavy atom. The van der Waals surface area contributed by atoms with E-state index in [-0.39, 0.29) is 5.41 Å². The van der Waals surface area contributed by atoms with Crippen molar-refractivity contribution in [3.05, 3.63) is 23.7 Å². The summed E-state index contributed by atoms with van der Waals surface area (Å²) in [6.07, 6.45) is 1.20. The van der Waals surface area contributed by atoms with Crippen LogP contribution in [0.3, 0.4) is 0 Å². The number of nitrogens with one attached hydrogen (secondary N) is 2. The van der Waals surface area contributed by atoms with Gasteiger partial charge in [-0.25, -0.2) is 0 Å². The van der Waals surface area contributed by atoms with Crippen LogP contribution in [0.5, 0.6) is 0 Å². The van der Waals surface area contributed by atoms with Gasteiger partial charge in [-0.2, -0.15) is 0 Å². The molecule has 0 aromatic carbocycles. The smallest absolute Gasteiger partial charge is 0.111 e. The summed E-state index contributed by atoms with van der Waals surface area (Å²) in [6, 6.07) is 4.12. The molecule has 0 aliphatic rings. The second kappa shape index (κ2) is 6.95. The van der Waals surface area contributed by atoms with Crippen molar-refractivity contribution < 1.29 is 4.42 Å². The molecule has 1 atom stereocenters. The normalized spacial score (nSPS) is 13.8. The third-order valence-corrected chi connectivity index (χ3v) is 3.48. The quantitative estimate of drug-likeness (QED) is 0.747. The zero-order chi connectivity index (χ0) is 13.6. The first-order valence-electron chi connectivity index (χ1n) is 6.91. The van der Waals surface area contributed by atoms with Gasteiger partial charge in [0.1, 0.15) is 11.5 Å². The topological polar surface area (TPSA) is 37.2 Å². The van der Waals surface area contributed by atoms with Gasteiger partial charge in [0.15, 0.2) is 0 Å². The summed E-state index contributed by atoms with van der Waals surface area (Å²) in [4.78, 5) is 0. The maximum Gasteiger partial charge on any atom is 0.111 e. The fourth-order valence-electron chi connectivity index (χ4n) is 2.12. The summed E-state index contributed by atoms with van der Waals surface area (Å²) >= 11 is 0. The SMILES string of the molecule is CCC(CNC)CNCC(C)(C)c1ccc(C)o1. The second-order valence-corrected chi connectivity index (χ2v) is 5.76. The van der Waals surface area contributed by atoms with Crippen molar-refractivity contribution in [2.24, 2.45) is 5.92 Å². The molecule has 1 unspecified atom stereocenters. The Morgan fingerprint density at radius 3 is 2.50 bits per heavy atom. The van der Waals surface area contributed by atoms with Gasteiger partial charge < -0.3 is 15.1 Å². The van der Waals surface area contributed by atoms with Crippen molar-refractivity contribution in [3.8, 4) is 0 Å². The minimum Gasteiger partial charge on any atom is -0.466 e. The fourth-order valence-corrected chi connectivity index (χ4v) is 2.12. The molecule has 1 rings (SSSR count). The lowest BCUT2D eigenvalue weighted by Gasteiger charge is -2.24. The molecular formula is C15H28N2O. The molecule has 0 radical (unpaired) electrons. The molecule has 1 aromatic heterocycles. The molecule has 1 heterocycles. The van der Waals surface area contributed by atoms with Crippen LogP contribution in [-0.4, -0.2) is 26.7 Å². The van der Waals surface area contributed by atoms with E-state index in [9.17, 15) is 0 Å². The average Bonchev–Trinajstić information content (AvgIpc) is 2.75. The molecule has 0 fully saturated rings. The van der Waals surface area contributed by atoms with Crippen LogP contribution >= 0.6 is 0 Å². The largest absolute Gasteiger partial charge is 0.466 e. The van der Waals surface area contributed by atoms with Gasteiger partial charge in [0.05, 0.1) is 0 Å². The van der Waals surface area contributed by atoms with Gasteiger partial charge in [0.25, 0.3) is 0 Å². The van der Waals surface area contributed by atoms with E-state index in [4.69, 9.17) is 4.42 Å². The first-order valence-corrected chi connectivity index (χ1v) is 6.91. The minimum absolute atomic E-state index is 0.0478. The number of rotatable bonds is 8. The Balaban J connectivity index is 2.42. The van der Waals surface area contributed by atoms with Crippen molar-refractivity contribution >= 4 is 0 Å². The van der Waals surface area contributed by atoms with E-state index >= 15 is 0 Å². The standard InChI is InChI=1S/C15H28N2O/c1-6-13(9-16-5)10-17-11-15(3,4)14-8-7-12(2)18-14/h7-8,13,16-17H,6,9-11H2,1-5H3. The summed E-state index contributed by atoms with van der Waals surface area (Å²) in [5, 5.41) is 6.81. The van der Waals surface area contributed by atoms with Crippen LogP contribution in [0.4, 0.5) is 0 Å². The Labute approximate surface area is 111 Å². The van der Waals surface area contributed by atoms with Crippen molar-refractivity contribution in [2.45, 2.75) is 39.5 Å². The Hall–Kier alpha value is -0.800. The van der Waals surface area contributed by atoms with E-state index in [1.807, 2.05) is 20.0 Å². The maximum atomic E-state index is 5.73. The Kier molecular flexibility index (Phi) is 5.89. The molecule has 18 heavy (non-hydrogen) atoms. The van der Waals surface area contributed by atoms with E-state index in [1.54, 1.807) is 0 Å². The summed E-state index contributed by atoms with van der Waals surface area (Å²) in [6.45, 7) is 11.7.